The van der Waals surface area contributed by atoms with Crippen molar-refractivity contribution in [1.29, 1.82) is 0 Å². The quantitative estimate of drug-likeness (QED) is 0.726. The number of aromatic amines is 1. The third-order valence-electron chi connectivity index (χ3n) is 3.59. The van der Waals surface area contributed by atoms with Crippen molar-refractivity contribution >= 4 is 21.2 Å². The Morgan fingerprint density at radius 3 is 2.20 bits per heavy atom. The SMILES string of the molecule is Cc1[nH]n(-c2ccccc2)c(=O)c1N=Nc1ccc(S(C)(=O)=O)cc1. The first kappa shape index (κ1) is 16.8. The van der Waals surface area contributed by atoms with Gasteiger partial charge in [0.25, 0.3) is 5.56 Å². The lowest BCUT2D eigenvalue weighted by Gasteiger charge is -1.99. The van der Waals surface area contributed by atoms with E-state index in [9.17, 15) is 13.2 Å². The van der Waals surface area contributed by atoms with Gasteiger partial charge in [0, 0.05) is 6.26 Å². The molecule has 128 valence electrons. The van der Waals surface area contributed by atoms with Gasteiger partial charge < -0.3 is 0 Å². The van der Waals surface area contributed by atoms with Gasteiger partial charge in [-0.3, -0.25) is 9.89 Å². The lowest BCUT2D eigenvalue weighted by molar-refractivity contribution is 0.602. The van der Waals surface area contributed by atoms with Gasteiger partial charge in [0.2, 0.25) is 0 Å². The minimum atomic E-state index is -3.26. The predicted molar refractivity (Wildman–Crippen MR) is 94.9 cm³/mol. The van der Waals surface area contributed by atoms with Crippen molar-refractivity contribution in [3.05, 3.63) is 70.6 Å². The fraction of sp³-hybridized carbons (Fsp3) is 0.118. The molecule has 3 aromatic rings. The Morgan fingerprint density at radius 2 is 1.60 bits per heavy atom. The molecule has 0 amide bonds. The number of aryl methyl sites for hydroxylation is 1. The number of H-pyrrole nitrogens is 1. The van der Waals surface area contributed by atoms with Gasteiger partial charge in [-0.2, -0.15) is 5.11 Å². The van der Waals surface area contributed by atoms with E-state index in [2.05, 4.69) is 15.3 Å². The highest BCUT2D eigenvalue weighted by atomic mass is 32.2. The summed E-state index contributed by atoms with van der Waals surface area (Å²) >= 11 is 0. The fourth-order valence-electron chi connectivity index (χ4n) is 2.28. The molecule has 0 aliphatic heterocycles. The van der Waals surface area contributed by atoms with E-state index in [1.807, 2.05) is 30.3 Å². The first-order valence-electron chi connectivity index (χ1n) is 7.45. The molecule has 0 saturated carbocycles. The third-order valence-corrected chi connectivity index (χ3v) is 4.71. The second-order valence-electron chi connectivity index (χ2n) is 5.53. The van der Waals surface area contributed by atoms with Crippen LogP contribution in [0.25, 0.3) is 5.69 Å². The summed E-state index contributed by atoms with van der Waals surface area (Å²) in [5, 5.41) is 11.0. The summed E-state index contributed by atoms with van der Waals surface area (Å²) in [6, 6.07) is 15.1. The first-order chi connectivity index (χ1) is 11.9. The van der Waals surface area contributed by atoms with Crippen LogP contribution in [-0.2, 0) is 9.84 Å². The van der Waals surface area contributed by atoms with Crippen molar-refractivity contribution in [2.75, 3.05) is 6.26 Å². The van der Waals surface area contributed by atoms with Gasteiger partial charge in [-0.05, 0) is 43.3 Å². The minimum absolute atomic E-state index is 0.204. The molecule has 0 unspecified atom stereocenters. The minimum Gasteiger partial charge on any atom is -0.293 e. The van der Waals surface area contributed by atoms with Crippen LogP contribution in [0.4, 0.5) is 11.4 Å². The summed E-state index contributed by atoms with van der Waals surface area (Å²) in [5.74, 6) is 0. The maximum atomic E-state index is 12.5. The molecule has 7 nitrogen and oxygen atoms in total. The lowest BCUT2D eigenvalue weighted by atomic mass is 10.3. The molecule has 0 fully saturated rings. The van der Waals surface area contributed by atoms with Crippen LogP contribution in [0.15, 0.2) is 74.5 Å². The summed E-state index contributed by atoms with van der Waals surface area (Å²) < 4.78 is 24.3. The molecule has 8 heteroatoms. The number of rotatable bonds is 4. The number of sulfone groups is 1. The molecule has 1 heterocycles. The lowest BCUT2D eigenvalue weighted by Crippen LogP contribution is -2.13. The fourth-order valence-corrected chi connectivity index (χ4v) is 2.91. The number of aromatic nitrogens is 2. The van der Waals surface area contributed by atoms with Crippen LogP contribution in [0.1, 0.15) is 5.69 Å². The van der Waals surface area contributed by atoms with Crippen molar-refractivity contribution in [2.45, 2.75) is 11.8 Å². The Bertz CT molecular complexity index is 1080. The highest BCUT2D eigenvalue weighted by Crippen LogP contribution is 2.20. The maximum Gasteiger partial charge on any atom is 0.299 e. The molecule has 0 radical (unpaired) electrons. The van der Waals surface area contributed by atoms with Crippen LogP contribution >= 0.6 is 0 Å². The van der Waals surface area contributed by atoms with Crippen LogP contribution in [-0.4, -0.2) is 24.5 Å². The summed E-state index contributed by atoms with van der Waals surface area (Å²) in [6.45, 7) is 1.74. The van der Waals surface area contributed by atoms with E-state index in [1.54, 1.807) is 6.92 Å². The van der Waals surface area contributed by atoms with Crippen molar-refractivity contribution < 1.29 is 8.42 Å². The van der Waals surface area contributed by atoms with E-state index in [1.165, 1.54) is 28.9 Å². The number of nitrogens with one attached hydrogen (secondary N) is 1. The molecule has 1 aromatic heterocycles. The zero-order valence-electron chi connectivity index (χ0n) is 13.7. The zero-order valence-corrected chi connectivity index (χ0v) is 14.5. The highest BCUT2D eigenvalue weighted by molar-refractivity contribution is 7.90. The number of nitrogens with zero attached hydrogens (tertiary/aromatic N) is 3. The largest absolute Gasteiger partial charge is 0.299 e. The molecule has 0 atom stereocenters. The zero-order chi connectivity index (χ0) is 18.0. The summed E-state index contributed by atoms with van der Waals surface area (Å²) in [6.07, 6.45) is 1.14. The molecule has 3 rings (SSSR count). The van der Waals surface area contributed by atoms with Crippen molar-refractivity contribution in [1.82, 2.24) is 9.78 Å². The van der Waals surface area contributed by atoms with Gasteiger partial charge in [0.15, 0.2) is 15.5 Å². The Kier molecular flexibility index (Phi) is 4.37. The topological polar surface area (TPSA) is 96.7 Å². The molecule has 0 saturated heterocycles. The van der Waals surface area contributed by atoms with E-state index in [0.29, 0.717) is 17.1 Å². The maximum absolute atomic E-state index is 12.5. The van der Waals surface area contributed by atoms with Crippen LogP contribution in [0.2, 0.25) is 0 Å². The van der Waals surface area contributed by atoms with E-state index >= 15 is 0 Å². The number of para-hydroxylation sites is 1. The van der Waals surface area contributed by atoms with Crippen molar-refractivity contribution in [3.63, 3.8) is 0 Å². The normalized spacial score (nSPS) is 11.9. The Hall–Kier alpha value is -3.00. The molecule has 2 aromatic carbocycles. The first-order valence-corrected chi connectivity index (χ1v) is 9.34. The van der Waals surface area contributed by atoms with E-state index in [-0.39, 0.29) is 16.1 Å². The van der Waals surface area contributed by atoms with Gasteiger partial charge in [-0.25, -0.2) is 13.1 Å². The third kappa shape index (κ3) is 3.58. The smallest absolute Gasteiger partial charge is 0.293 e. The van der Waals surface area contributed by atoms with Crippen LogP contribution in [0.5, 0.6) is 0 Å². The van der Waals surface area contributed by atoms with Crippen LogP contribution < -0.4 is 5.56 Å². The second kappa shape index (κ2) is 6.48. The molecule has 0 aliphatic rings. The van der Waals surface area contributed by atoms with E-state index in [0.717, 1.165) is 6.26 Å². The van der Waals surface area contributed by atoms with Gasteiger partial charge >= 0.3 is 0 Å². The summed E-state index contributed by atoms with van der Waals surface area (Å²) in [4.78, 5) is 12.7. The summed E-state index contributed by atoms with van der Waals surface area (Å²) in [5.41, 5.74) is 1.65. The van der Waals surface area contributed by atoms with Crippen LogP contribution in [0.3, 0.4) is 0 Å². The molecular weight excluding hydrogens is 340 g/mol. The van der Waals surface area contributed by atoms with Gasteiger partial charge in [-0.15, -0.1) is 5.11 Å². The number of hydrogen-bond donors (Lipinski definition) is 1. The predicted octanol–water partition coefficient (Wildman–Crippen LogP) is 3.29. The van der Waals surface area contributed by atoms with Gasteiger partial charge in [-0.1, -0.05) is 18.2 Å². The van der Waals surface area contributed by atoms with E-state index < -0.39 is 9.84 Å². The molecule has 0 bridgehead atoms. The Morgan fingerprint density at radius 1 is 0.960 bits per heavy atom. The second-order valence-corrected chi connectivity index (χ2v) is 7.54. The number of benzene rings is 2. The average molecular weight is 356 g/mol. The van der Waals surface area contributed by atoms with Gasteiger partial charge in [0.1, 0.15) is 0 Å². The van der Waals surface area contributed by atoms with Crippen molar-refractivity contribution in [3.8, 4) is 5.69 Å². The molecule has 0 aliphatic carbocycles. The number of hydrogen-bond acceptors (Lipinski definition) is 5. The molecule has 1 N–H and O–H groups in total. The molecule has 25 heavy (non-hydrogen) atoms. The number of azo groups is 1. The Balaban J connectivity index is 1.92. The standard InChI is InChI=1S/C17H16N4O3S/c1-12-16(17(22)21(20-12)14-6-4-3-5-7-14)19-18-13-8-10-15(11-9-13)25(2,23)24/h3-11,20H,1-2H3. The van der Waals surface area contributed by atoms with Gasteiger partial charge in [0.05, 0.1) is 22.0 Å². The molecular formula is C17H16N4O3S. The molecule has 0 spiro atoms. The Labute approximate surface area is 144 Å². The summed E-state index contributed by atoms with van der Waals surface area (Å²) in [7, 11) is -3.26. The van der Waals surface area contributed by atoms with Crippen LogP contribution in [0, 0.1) is 6.92 Å². The highest BCUT2D eigenvalue weighted by Gasteiger charge is 2.12. The average Bonchev–Trinajstić information content (AvgIpc) is 2.88. The van der Waals surface area contributed by atoms with Crippen molar-refractivity contribution in [2.24, 2.45) is 10.2 Å². The monoisotopic (exact) mass is 356 g/mol. The van der Waals surface area contributed by atoms with E-state index in [4.69, 9.17) is 0 Å².